The molecule has 3 aromatic rings. The number of pyridine rings is 1. The van der Waals surface area contributed by atoms with Crippen LogP contribution in [-0.4, -0.2) is 87.7 Å². The normalized spacial score (nSPS) is 18.1. The summed E-state index contributed by atoms with van der Waals surface area (Å²) in [6.07, 6.45) is 3.01. The van der Waals surface area contributed by atoms with Gasteiger partial charge in [-0.05, 0) is 19.1 Å². The van der Waals surface area contributed by atoms with E-state index in [4.69, 9.17) is 4.74 Å². The van der Waals surface area contributed by atoms with Gasteiger partial charge in [0.25, 0.3) is 5.91 Å². The molecule has 210 valence electrons. The number of cyclic esters (lactones) is 1. The molecule has 12 nitrogen and oxygen atoms in total. The lowest BCUT2D eigenvalue weighted by Crippen LogP contribution is -2.54. The number of aromatic nitrogens is 4. The Hall–Kier alpha value is -4.69. The van der Waals surface area contributed by atoms with Gasteiger partial charge in [0, 0.05) is 50.7 Å². The number of ether oxygens (including phenoxy) is 1. The first kappa shape index (κ1) is 26.9. The summed E-state index contributed by atoms with van der Waals surface area (Å²) in [4.78, 5) is 45.0. The lowest BCUT2D eigenvalue weighted by molar-refractivity contribution is -0.133. The van der Waals surface area contributed by atoms with E-state index < -0.39 is 47.6 Å². The molecule has 4 heterocycles. The van der Waals surface area contributed by atoms with Crippen LogP contribution in [0.5, 0.6) is 0 Å². The molecule has 0 bridgehead atoms. The van der Waals surface area contributed by atoms with Gasteiger partial charge in [0.2, 0.25) is 11.9 Å². The maximum absolute atomic E-state index is 15.2. The molecule has 5 rings (SSSR count). The number of piperazine rings is 1. The van der Waals surface area contributed by atoms with Crippen LogP contribution in [0.15, 0.2) is 42.9 Å². The van der Waals surface area contributed by atoms with E-state index in [9.17, 15) is 18.8 Å². The molecule has 40 heavy (non-hydrogen) atoms. The van der Waals surface area contributed by atoms with E-state index in [1.165, 1.54) is 45.9 Å². The van der Waals surface area contributed by atoms with Gasteiger partial charge in [-0.25, -0.2) is 23.2 Å². The molecular formula is C25H25F3N8O4. The van der Waals surface area contributed by atoms with E-state index in [0.717, 1.165) is 17.0 Å². The molecule has 2 aliphatic heterocycles. The second kappa shape index (κ2) is 11.2. The van der Waals surface area contributed by atoms with Gasteiger partial charge in [0.15, 0.2) is 11.6 Å². The summed E-state index contributed by atoms with van der Waals surface area (Å²) in [5, 5.41) is 9.96. The van der Waals surface area contributed by atoms with Crippen molar-refractivity contribution < 1.29 is 32.3 Å². The first-order valence-corrected chi connectivity index (χ1v) is 12.5. The number of hydrogen-bond donors (Lipinski definition) is 1. The first-order chi connectivity index (χ1) is 19.2. The summed E-state index contributed by atoms with van der Waals surface area (Å²) < 4.78 is 50.9. The molecule has 15 heteroatoms. The fraction of sp³-hybridized carbons (Fsp3) is 0.360. The van der Waals surface area contributed by atoms with Crippen LogP contribution >= 0.6 is 0 Å². The Morgan fingerprint density at radius 2 is 1.85 bits per heavy atom. The Labute approximate surface area is 226 Å². The van der Waals surface area contributed by atoms with Crippen LogP contribution in [0.25, 0.3) is 0 Å². The number of carbonyl (C=O) groups excluding carboxylic acids is 3. The minimum atomic E-state index is -0.958. The van der Waals surface area contributed by atoms with Crippen molar-refractivity contribution in [3.05, 3.63) is 66.0 Å². The van der Waals surface area contributed by atoms with Crippen molar-refractivity contribution in [2.45, 2.75) is 25.6 Å². The standard InChI is InChI=1S/C25H25F3N8O4/c1-15(31-23(37)18-3-2-4-29-22(18)28)24(38)34-9-7-33(8-10-34)21-19(26)11-16(12-20(21)27)36-14-17(40-25(36)39)13-35-6-5-30-32-35/h2-6,11-12,15,17H,7-10,13-14H2,1H3,(H,31,37)/t15-,17+/m0/s1. The largest absolute Gasteiger partial charge is 0.442 e. The molecule has 2 fully saturated rings. The number of carbonyl (C=O) groups is 3. The van der Waals surface area contributed by atoms with Gasteiger partial charge < -0.3 is 19.9 Å². The van der Waals surface area contributed by atoms with Crippen LogP contribution in [0, 0.1) is 17.6 Å². The molecule has 2 aromatic heterocycles. The third kappa shape index (κ3) is 5.53. The van der Waals surface area contributed by atoms with Crippen LogP contribution in [-0.2, 0) is 16.1 Å². The van der Waals surface area contributed by atoms with E-state index >= 15 is 8.78 Å². The summed E-state index contributed by atoms with van der Waals surface area (Å²) in [5.74, 6) is -3.86. The summed E-state index contributed by atoms with van der Waals surface area (Å²) in [6, 6.07) is 3.85. The molecule has 3 amide bonds. The quantitative estimate of drug-likeness (QED) is 0.434. The van der Waals surface area contributed by atoms with Crippen LogP contribution in [0.2, 0.25) is 0 Å². The number of hydrogen-bond acceptors (Lipinski definition) is 8. The predicted molar refractivity (Wildman–Crippen MR) is 134 cm³/mol. The fourth-order valence-electron chi connectivity index (χ4n) is 4.69. The minimum Gasteiger partial charge on any atom is -0.442 e. The average molecular weight is 559 g/mol. The van der Waals surface area contributed by atoms with Crippen LogP contribution in [0.4, 0.5) is 29.3 Å². The number of nitrogens with zero attached hydrogens (tertiary/aromatic N) is 7. The van der Waals surface area contributed by atoms with E-state index in [1.807, 2.05) is 0 Å². The third-order valence-electron chi connectivity index (χ3n) is 6.68. The van der Waals surface area contributed by atoms with Crippen molar-refractivity contribution >= 4 is 29.3 Å². The van der Waals surface area contributed by atoms with Gasteiger partial charge in [0.1, 0.15) is 17.8 Å². The molecule has 0 radical (unpaired) electrons. The van der Waals surface area contributed by atoms with Crippen molar-refractivity contribution in [1.82, 2.24) is 30.2 Å². The molecule has 0 saturated carbocycles. The van der Waals surface area contributed by atoms with Gasteiger partial charge in [-0.15, -0.1) is 5.10 Å². The number of nitrogens with one attached hydrogen (secondary N) is 1. The molecule has 0 unspecified atom stereocenters. The van der Waals surface area contributed by atoms with Gasteiger partial charge in [-0.3, -0.25) is 14.5 Å². The van der Waals surface area contributed by atoms with E-state index in [1.54, 1.807) is 6.20 Å². The maximum Gasteiger partial charge on any atom is 0.414 e. The van der Waals surface area contributed by atoms with Crippen molar-refractivity contribution in [3.8, 4) is 0 Å². The average Bonchev–Trinajstić information content (AvgIpc) is 3.57. The zero-order valence-corrected chi connectivity index (χ0v) is 21.3. The van der Waals surface area contributed by atoms with Gasteiger partial charge in [-0.1, -0.05) is 5.21 Å². The molecule has 0 aliphatic carbocycles. The Kier molecular flexibility index (Phi) is 7.53. The Morgan fingerprint density at radius 3 is 2.50 bits per heavy atom. The Balaban J connectivity index is 1.19. The smallest absolute Gasteiger partial charge is 0.414 e. The Bertz CT molecular complexity index is 1390. The fourth-order valence-corrected chi connectivity index (χ4v) is 4.69. The Morgan fingerprint density at radius 1 is 1.12 bits per heavy atom. The van der Waals surface area contributed by atoms with Crippen molar-refractivity contribution in [2.75, 3.05) is 42.5 Å². The first-order valence-electron chi connectivity index (χ1n) is 12.5. The van der Waals surface area contributed by atoms with Crippen molar-refractivity contribution in [2.24, 2.45) is 0 Å². The molecule has 1 N–H and O–H groups in total. The lowest BCUT2D eigenvalue weighted by atomic mass is 10.1. The van der Waals surface area contributed by atoms with E-state index in [0.29, 0.717) is 0 Å². The highest BCUT2D eigenvalue weighted by Crippen LogP contribution is 2.31. The number of rotatable bonds is 7. The SMILES string of the molecule is C[C@H](NC(=O)c1cccnc1F)C(=O)N1CCN(c2c(F)cc(N3C[C@@H](Cn4ccnn4)OC3=O)cc2F)CC1. The summed E-state index contributed by atoms with van der Waals surface area (Å²) in [5.41, 5.74) is -0.529. The molecule has 2 saturated heterocycles. The lowest BCUT2D eigenvalue weighted by Gasteiger charge is -2.37. The monoisotopic (exact) mass is 558 g/mol. The summed E-state index contributed by atoms with van der Waals surface area (Å²) in [7, 11) is 0. The van der Waals surface area contributed by atoms with Gasteiger partial charge in [0.05, 0.1) is 30.5 Å². The van der Waals surface area contributed by atoms with E-state index in [2.05, 4.69) is 20.6 Å². The second-order valence-electron chi connectivity index (χ2n) is 9.35. The van der Waals surface area contributed by atoms with Gasteiger partial charge in [-0.2, -0.15) is 4.39 Å². The van der Waals surface area contributed by atoms with Crippen LogP contribution in [0.3, 0.4) is 0 Å². The topological polar surface area (TPSA) is 126 Å². The third-order valence-corrected chi connectivity index (χ3v) is 6.68. The summed E-state index contributed by atoms with van der Waals surface area (Å²) >= 11 is 0. The van der Waals surface area contributed by atoms with E-state index in [-0.39, 0.29) is 56.2 Å². The highest BCUT2D eigenvalue weighted by atomic mass is 19.1. The highest BCUT2D eigenvalue weighted by Gasteiger charge is 2.35. The number of anilines is 2. The second-order valence-corrected chi connectivity index (χ2v) is 9.35. The van der Waals surface area contributed by atoms with Crippen molar-refractivity contribution in [1.29, 1.82) is 0 Å². The highest BCUT2D eigenvalue weighted by molar-refractivity contribution is 5.97. The van der Waals surface area contributed by atoms with Crippen LogP contribution < -0.4 is 15.1 Å². The zero-order valence-electron chi connectivity index (χ0n) is 21.3. The molecule has 2 atom stereocenters. The van der Waals surface area contributed by atoms with Crippen molar-refractivity contribution in [3.63, 3.8) is 0 Å². The van der Waals surface area contributed by atoms with Gasteiger partial charge >= 0.3 is 6.09 Å². The molecule has 1 aromatic carbocycles. The maximum atomic E-state index is 15.2. The van der Waals surface area contributed by atoms with Crippen LogP contribution in [0.1, 0.15) is 17.3 Å². The number of halogens is 3. The molecular weight excluding hydrogens is 533 g/mol. The molecule has 0 spiro atoms. The summed E-state index contributed by atoms with van der Waals surface area (Å²) in [6.45, 7) is 2.34. The number of amides is 3. The minimum absolute atomic E-state index is 0.0215. The molecule has 2 aliphatic rings. The zero-order chi connectivity index (χ0) is 28.4. The number of benzene rings is 1. The predicted octanol–water partition coefficient (Wildman–Crippen LogP) is 1.58.